The molecule has 1 N–H and O–H groups in total. The van der Waals surface area contributed by atoms with Gasteiger partial charge in [0.25, 0.3) is 5.56 Å². The number of hydrogen-bond acceptors (Lipinski definition) is 4. The minimum Gasteiger partial charge on any atom is -0.388 e. The van der Waals surface area contributed by atoms with Gasteiger partial charge in [0.05, 0.1) is 17.8 Å². The molecular formula is C21H31N3O3. The number of fused-ring (bicyclic) bond motifs is 2. The monoisotopic (exact) mass is 373 g/mol. The van der Waals surface area contributed by atoms with Crippen LogP contribution in [0.5, 0.6) is 0 Å². The van der Waals surface area contributed by atoms with E-state index in [1.54, 1.807) is 6.07 Å². The fraction of sp³-hybridized carbons (Fsp3) is 0.762. The Morgan fingerprint density at radius 1 is 1.11 bits per heavy atom. The van der Waals surface area contributed by atoms with Crippen molar-refractivity contribution in [3.63, 3.8) is 0 Å². The average molecular weight is 373 g/mol. The molecule has 3 fully saturated rings. The lowest BCUT2D eigenvalue weighted by Crippen LogP contribution is -2.62. The van der Waals surface area contributed by atoms with Crippen molar-refractivity contribution >= 4 is 5.91 Å². The van der Waals surface area contributed by atoms with Gasteiger partial charge in [-0.15, -0.1) is 0 Å². The summed E-state index contributed by atoms with van der Waals surface area (Å²) in [5.74, 6) is 0.492. The molecule has 0 radical (unpaired) electrons. The highest BCUT2D eigenvalue weighted by Crippen LogP contribution is 2.41. The summed E-state index contributed by atoms with van der Waals surface area (Å²) >= 11 is 0. The number of amides is 1. The third-order valence-electron chi connectivity index (χ3n) is 6.75. The number of carbonyl (C=O) groups excluding carboxylic acids is 1. The van der Waals surface area contributed by atoms with Crippen molar-refractivity contribution in [2.75, 3.05) is 0 Å². The van der Waals surface area contributed by atoms with Gasteiger partial charge in [0.1, 0.15) is 0 Å². The normalized spacial score (nSPS) is 31.7. The Morgan fingerprint density at radius 2 is 1.78 bits per heavy atom. The summed E-state index contributed by atoms with van der Waals surface area (Å²) in [7, 11) is 0. The van der Waals surface area contributed by atoms with Crippen LogP contribution in [0.15, 0.2) is 16.9 Å². The SMILES string of the molecule is Cc1ccc(=O)n(CC2(O)CC3CCCC(C2)N3C(=O)C2CCCCC2)n1. The number of aryl methyl sites for hydroxylation is 1. The van der Waals surface area contributed by atoms with E-state index in [0.717, 1.165) is 50.6 Å². The molecule has 2 aliphatic heterocycles. The molecule has 2 saturated heterocycles. The summed E-state index contributed by atoms with van der Waals surface area (Å²) in [6, 6.07) is 3.40. The zero-order chi connectivity index (χ0) is 19.0. The first-order chi connectivity index (χ1) is 13.0. The van der Waals surface area contributed by atoms with Crippen molar-refractivity contribution in [2.24, 2.45) is 5.92 Å². The maximum Gasteiger partial charge on any atom is 0.266 e. The summed E-state index contributed by atoms with van der Waals surface area (Å²) in [5.41, 5.74) is -0.382. The fourth-order valence-corrected chi connectivity index (χ4v) is 5.52. The quantitative estimate of drug-likeness (QED) is 0.883. The highest BCUT2D eigenvalue weighted by atomic mass is 16.3. The summed E-state index contributed by atoms with van der Waals surface area (Å²) in [6.45, 7) is 2.06. The van der Waals surface area contributed by atoms with E-state index in [1.807, 2.05) is 6.92 Å². The van der Waals surface area contributed by atoms with Crippen molar-refractivity contribution in [1.82, 2.24) is 14.7 Å². The van der Waals surface area contributed by atoms with E-state index in [4.69, 9.17) is 0 Å². The van der Waals surface area contributed by atoms with Gasteiger partial charge in [0.15, 0.2) is 0 Å². The van der Waals surface area contributed by atoms with Gasteiger partial charge in [-0.25, -0.2) is 4.68 Å². The van der Waals surface area contributed by atoms with Crippen molar-refractivity contribution < 1.29 is 9.90 Å². The van der Waals surface area contributed by atoms with E-state index in [9.17, 15) is 14.7 Å². The maximum absolute atomic E-state index is 13.2. The van der Waals surface area contributed by atoms with Gasteiger partial charge >= 0.3 is 0 Å². The first-order valence-corrected chi connectivity index (χ1v) is 10.5. The van der Waals surface area contributed by atoms with Crippen molar-refractivity contribution in [1.29, 1.82) is 0 Å². The number of rotatable bonds is 3. The zero-order valence-electron chi connectivity index (χ0n) is 16.3. The molecular weight excluding hydrogens is 342 g/mol. The van der Waals surface area contributed by atoms with E-state index in [-0.39, 0.29) is 30.1 Å². The standard InChI is InChI=1S/C21H31N3O3/c1-15-10-11-19(25)23(22-15)14-21(27)12-17-8-5-9-18(13-21)24(17)20(26)16-6-3-2-4-7-16/h10-11,16-18,27H,2-9,12-14H2,1H3. The maximum atomic E-state index is 13.2. The molecule has 1 aromatic rings. The molecule has 27 heavy (non-hydrogen) atoms. The topological polar surface area (TPSA) is 75.4 Å². The van der Waals surface area contributed by atoms with Gasteiger partial charge in [-0.1, -0.05) is 19.3 Å². The van der Waals surface area contributed by atoms with Crippen LogP contribution in [0.4, 0.5) is 0 Å². The lowest BCUT2D eigenvalue weighted by atomic mass is 9.74. The number of aromatic nitrogens is 2. The Balaban J connectivity index is 1.52. The molecule has 1 saturated carbocycles. The van der Waals surface area contributed by atoms with Crippen LogP contribution in [-0.2, 0) is 11.3 Å². The van der Waals surface area contributed by atoms with Crippen LogP contribution < -0.4 is 5.56 Å². The Kier molecular flexibility index (Phi) is 5.10. The van der Waals surface area contributed by atoms with Crippen LogP contribution in [0, 0.1) is 12.8 Å². The molecule has 3 heterocycles. The Morgan fingerprint density at radius 3 is 2.44 bits per heavy atom. The second-order valence-electron chi connectivity index (χ2n) is 8.92. The number of hydrogen-bond donors (Lipinski definition) is 1. The van der Waals surface area contributed by atoms with Crippen LogP contribution in [0.25, 0.3) is 0 Å². The Labute approximate surface area is 160 Å². The minimum atomic E-state index is -0.969. The third-order valence-corrected chi connectivity index (χ3v) is 6.75. The lowest BCUT2D eigenvalue weighted by Gasteiger charge is -2.53. The van der Waals surface area contributed by atoms with Crippen molar-refractivity contribution in [3.8, 4) is 0 Å². The summed E-state index contributed by atoms with van der Waals surface area (Å²) in [4.78, 5) is 27.5. The molecule has 6 nitrogen and oxygen atoms in total. The van der Waals surface area contributed by atoms with Crippen molar-refractivity contribution in [2.45, 2.75) is 95.4 Å². The largest absolute Gasteiger partial charge is 0.388 e. The minimum absolute atomic E-state index is 0.0948. The van der Waals surface area contributed by atoms with Crippen LogP contribution >= 0.6 is 0 Å². The molecule has 1 aromatic heterocycles. The number of carbonyl (C=O) groups is 1. The van der Waals surface area contributed by atoms with Gasteiger partial charge in [0, 0.05) is 24.1 Å². The van der Waals surface area contributed by atoms with Gasteiger partial charge in [0.2, 0.25) is 5.91 Å². The van der Waals surface area contributed by atoms with E-state index < -0.39 is 5.60 Å². The van der Waals surface area contributed by atoms with E-state index in [2.05, 4.69) is 10.00 Å². The average Bonchev–Trinajstić information content (AvgIpc) is 2.64. The van der Waals surface area contributed by atoms with Gasteiger partial charge in [-0.3, -0.25) is 9.59 Å². The molecule has 1 amide bonds. The summed E-state index contributed by atoms with van der Waals surface area (Å²) in [6.07, 6.45) is 9.70. The molecule has 0 aromatic carbocycles. The molecule has 1 aliphatic carbocycles. The molecule has 2 atom stereocenters. The lowest BCUT2D eigenvalue weighted by molar-refractivity contribution is -0.158. The molecule has 0 spiro atoms. The number of aliphatic hydroxyl groups is 1. The van der Waals surface area contributed by atoms with E-state index >= 15 is 0 Å². The van der Waals surface area contributed by atoms with Gasteiger partial charge in [-0.05, 0) is 57.9 Å². The first-order valence-electron chi connectivity index (χ1n) is 10.5. The zero-order valence-corrected chi connectivity index (χ0v) is 16.3. The van der Waals surface area contributed by atoms with E-state index in [0.29, 0.717) is 18.7 Å². The molecule has 4 rings (SSSR count). The van der Waals surface area contributed by atoms with Crippen LogP contribution in [0.1, 0.15) is 69.9 Å². The summed E-state index contributed by atoms with van der Waals surface area (Å²) in [5, 5.41) is 15.6. The summed E-state index contributed by atoms with van der Waals surface area (Å²) < 4.78 is 1.39. The van der Waals surface area contributed by atoms with Crippen molar-refractivity contribution in [3.05, 3.63) is 28.2 Å². The second-order valence-corrected chi connectivity index (χ2v) is 8.92. The molecule has 6 heteroatoms. The van der Waals surface area contributed by atoms with Gasteiger partial charge in [-0.2, -0.15) is 5.10 Å². The number of piperidine rings is 2. The van der Waals surface area contributed by atoms with E-state index in [1.165, 1.54) is 17.2 Å². The van der Waals surface area contributed by atoms with Gasteiger partial charge < -0.3 is 10.0 Å². The second kappa shape index (κ2) is 7.38. The fourth-order valence-electron chi connectivity index (χ4n) is 5.52. The first kappa shape index (κ1) is 18.7. The van der Waals surface area contributed by atoms with Crippen LogP contribution in [0.3, 0.4) is 0 Å². The smallest absolute Gasteiger partial charge is 0.266 e. The highest BCUT2D eigenvalue weighted by molar-refractivity contribution is 5.80. The van der Waals surface area contributed by atoms with Crippen LogP contribution in [0.2, 0.25) is 0 Å². The molecule has 3 aliphatic rings. The third kappa shape index (κ3) is 3.82. The highest BCUT2D eigenvalue weighted by Gasteiger charge is 2.48. The predicted octanol–water partition coefficient (Wildman–Crippen LogP) is 2.41. The molecule has 2 bridgehead atoms. The molecule has 148 valence electrons. The number of nitrogens with zero attached hydrogens (tertiary/aromatic N) is 3. The predicted molar refractivity (Wildman–Crippen MR) is 102 cm³/mol. The Bertz CT molecular complexity index is 739. The molecule has 2 unspecified atom stereocenters. The van der Waals surface area contributed by atoms with Crippen LogP contribution in [-0.4, -0.2) is 43.4 Å². The Hall–Kier alpha value is -1.69.